The lowest BCUT2D eigenvalue weighted by Gasteiger charge is -2.36. The second-order valence-electron chi connectivity index (χ2n) is 7.84. The lowest BCUT2D eigenvalue weighted by molar-refractivity contribution is -0.244. The number of carboxylic acid groups (broad SMARTS) is 1. The lowest BCUT2D eigenvalue weighted by Crippen LogP contribution is -2.32. The van der Waals surface area contributed by atoms with E-state index in [-0.39, 0.29) is 41.2 Å². The molecule has 0 spiro atoms. The van der Waals surface area contributed by atoms with Gasteiger partial charge >= 0.3 is 5.97 Å². The Morgan fingerprint density at radius 1 is 1.15 bits per heavy atom. The third kappa shape index (κ3) is 5.13. The van der Waals surface area contributed by atoms with E-state index in [1.807, 2.05) is 6.08 Å². The van der Waals surface area contributed by atoms with Crippen LogP contribution in [0.5, 0.6) is 5.75 Å². The van der Waals surface area contributed by atoms with Gasteiger partial charge in [0.25, 0.3) is 0 Å². The molecule has 2 N–H and O–H groups in total. The molecule has 0 bridgehead atoms. The molecule has 4 rings (SSSR count). The summed E-state index contributed by atoms with van der Waals surface area (Å²) in [4.78, 5) is 23.7. The second kappa shape index (κ2) is 9.97. The van der Waals surface area contributed by atoms with E-state index in [1.165, 1.54) is 18.4 Å². The van der Waals surface area contributed by atoms with Crippen molar-refractivity contribution in [3.63, 3.8) is 0 Å². The maximum Gasteiger partial charge on any atom is 0.303 e. The molecule has 3 atom stereocenters. The molecule has 2 heterocycles. The summed E-state index contributed by atoms with van der Waals surface area (Å²) >= 11 is 0. The molecule has 1 saturated heterocycles. The van der Waals surface area contributed by atoms with Gasteiger partial charge in [0.15, 0.2) is 6.29 Å². The summed E-state index contributed by atoms with van der Waals surface area (Å²) in [6.45, 7) is 0.216. The van der Waals surface area contributed by atoms with Crippen molar-refractivity contribution in [2.75, 3.05) is 6.61 Å². The number of phenols is 1. The van der Waals surface area contributed by atoms with Crippen molar-refractivity contribution in [1.29, 1.82) is 0 Å². The molecule has 33 heavy (non-hydrogen) atoms. The third-order valence-corrected chi connectivity index (χ3v) is 5.55. The fraction of sp³-hybridized carbons (Fsp3) is 0.280. The molecule has 1 fully saturated rings. The molecule has 1 aliphatic rings. The van der Waals surface area contributed by atoms with Gasteiger partial charge in [0.05, 0.1) is 23.7 Å². The van der Waals surface area contributed by atoms with E-state index in [2.05, 4.69) is 0 Å². The number of hydrogen-bond donors (Lipinski definition) is 2. The number of carboxylic acids is 1. The number of aromatic hydroxyl groups is 1. The van der Waals surface area contributed by atoms with Crippen molar-refractivity contribution in [2.45, 2.75) is 31.7 Å². The number of allylic oxidation sites excluding steroid dienone is 2. The largest absolute Gasteiger partial charge is 0.508 e. The Morgan fingerprint density at radius 3 is 2.76 bits per heavy atom. The van der Waals surface area contributed by atoms with E-state index in [0.29, 0.717) is 18.4 Å². The number of aliphatic carboxylic acids is 1. The number of para-hydroxylation sites is 1. The number of benzene rings is 2. The van der Waals surface area contributed by atoms with Gasteiger partial charge in [-0.1, -0.05) is 30.4 Å². The average Bonchev–Trinajstić information content (AvgIpc) is 2.80. The zero-order valence-electron chi connectivity index (χ0n) is 17.6. The maximum atomic E-state index is 13.7. The number of phenolic OH excluding ortho intramolecular Hbond substituents is 1. The van der Waals surface area contributed by atoms with E-state index >= 15 is 0 Å². The summed E-state index contributed by atoms with van der Waals surface area (Å²) in [5.74, 6) is -1.57. The Balaban J connectivity index is 1.61. The van der Waals surface area contributed by atoms with E-state index < -0.39 is 29.6 Å². The number of halogens is 1. The predicted octanol–water partition coefficient (Wildman–Crippen LogP) is 4.85. The summed E-state index contributed by atoms with van der Waals surface area (Å²) in [5, 5.41) is 19.3. The van der Waals surface area contributed by atoms with Gasteiger partial charge in [-0.05, 0) is 37.1 Å². The topological polar surface area (TPSA) is 106 Å². The Hall–Kier alpha value is -3.49. The minimum absolute atomic E-state index is 0.0392. The van der Waals surface area contributed by atoms with E-state index in [4.69, 9.17) is 19.0 Å². The molecule has 172 valence electrons. The van der Waals surface area contributed by atoms with Gasteiger partial charge in [-0.15, -0.1) is 0 Å². The smallest absolute Gasteiger partial charge is 0.303 e. The zero-order chi connectivity index (χ0) is 23.4. The maximum absolute atomic E-state index is 13.7. The number of carbonyl (C=O) groups is 1. The number of rotatable bonds is 7. The number of hydrogen-bond acceptors (Lipinski definition) is 6. The second-order valence-corrected chi connectivity index (χ2v) is 7.84. The first-order valence-corrected chi connectivity index (χ1v) is 10.6. The first kappa shape index (κ1) is 22.7. The van der Waals surface area contributed by atoms with Crippen LogP contribution >= 0.6 is 0 Å². The zero-order valence-corrected chi connectivity index (χ0v) is 17.6. The highest BCUT2D eigenvalue weighted by molar-refractivity contribution is 5.76. The Kier molecular flexibility index (Phi) is 6.86. The minimum Gasteiger partial charge on any atom is -0.508 e. The normalized spacial score (nSPS) is 20.9. The molecular weight excluding hydrogens is 431 g/mol. The van der Waals surface area contributed by atoms with Crippen LogP contribution in [0.3, 0.4) is 0 Å². The molecule has 0 amide bonds. The van der Waals surface area contributed by atoms with Gasteiger partial charge < -0.3 is 24.1 Å². The first-order chi connectivity index (χ1) is 15.9. The molecule has 7 nitrogen and oxygen atoms in total. The van der Waals surface area contributed by atoms with Crippen LogP contribution in [0, 0.1) is 11.7 Å². The molecule has 0 saturated carbocycles. The van der Waals surface area contributed by atoms with Gasteiger partial charge in [0.1, 0.15) is 23.4 Å². The van der Waals surface area contributed by atoms with Crippen LogP contribution in [0.25, 0.3) is 11.0 Å². The van der Waals surface area contributed by atoms with Crippen LogP contribution in [0.1, 0.15) is 42.8 Å². The van der Waals surface area contributed by atoms with E-state index in [0.717, 1.165) is 6.07 Å². The number of fused-ring (bicyclic) bond motifs is 1. The van der Waals surface area contributed by atoms with Crippen LogP contribution in [0.2, 0.25) is 0 Å². The predicted molar refractivity (Wildman–Crippen MR) is 117 cm³/mol. The molecule has 1 aromatic heterocycles. The number of ether oxygens (including phenoxy) is 2. The van der Waals surface area contributed by atoms with Crippen LogP contribution in [0.4, 0.5) is 4.39 Å². The standard InChI is InChI=1S/C25H23FO7/c26-16-10-11-21-18(12-16)23(30)19(14-31-21)25-32-13-15(6-2-1-3-9-22(28)29)24(33-25)17-7-4-5-8-20(17)27/h1-2,4-5,7-8,10-12,14-15,24-25,27H,3,6,9,13H2,(H,28,29). The van der Waals surface area contributed by atoms with Crippen LogP contribution in [-0.2, 0) is 14.3 Å². The van der Waals surface area contributed by atoms with Crippen molar-refractivity contribution in [2.24, 2.45) is 5.92 Å². The highest BCUT2D eigenvalue weighted by Crippen LogP contribution is 2.42. The van der Waals surface area contributed by atoms with Gasteiger partial charge in [-0.3, -0.25) is 9.59 Å². The van der Waals surface area contributed by atoms with Gasteiger partial charge in [-0.2, -0.15) is 0 Å². The Morgan fingerprint density at radius 2 is 1.97 bits per heavy atom. The first-order valence-electron chi connectivity index (χ1n) is 10.6. The van der Waals surface area contributed by atoms with Gasteiger partial charge in [-0.25, -0.2) is 4.39 Å². The highest BCUT2D eigenvalue weighted by Gasteiger charge is 2.36. The lowest BCUT2D eigenvalue weighted by atomic mass is 9.91. The third-order valence-electron chi connectivity index (χ3n) is 5.55. The monoisotopic (exact) mass is 454 g/mol. The Bertz CT molecular complexity index is 1230. The molecule has 0 aliphatic carbocycles. The highest BCUT2D eigenvalue weighted by atomic mass is 19.1. The van der Waals surface area contributed by atoms with Gasteiger partial charge in [0, 0.05) is 17.9 Å². The average molecular weight is 454 g/mol. The summed E-state index contributed by atoms with van der Waals surface area (Å²) in [5.41, 5.74) is 0.446. The molecular formula is C25H23FO7. The SMILES string of the molecule is O=C(O)CCC=CCC1COC(c2coc3ccc(F)cc3c2=O)OC1c1ccccc1O. The summed E-state index contributed by atoms with van der Waals surface area (Å²) in [6, 6.07) is 10.5. The van der Waals surface area contributed by atoms with Crippen molar-refractivity contribution in [1.82, 2.24) is 0 Å². The fourth-order valence-corrected chi connectivity index (χ4v) is 3.87. The van der Waals surface area contributed by atoms with Crippen molar-refractivity contribution in [3.05, 3.63) is 88.0 Å². The van der Waals surface area contributed by atoms with E-state index in [9.17, 15) is 19.1 Å². The Labute approximate surface area is 188 Å². The quantitative estimate of drug-likeness (QED) is 0.492. The minimum atomic E-state index is -1.06. The summed E-state index contributed by atoms with van der Waals surface area (Å²) in [7, 11) is 0. The molecule has 8 heteroatoms. The molecule has 3 unspecified atom stereocenters. The van der Waals surface area contributed by atoms with Crippen molar-refractivity contribution < 1.29 is 33.3 Å². The molecule has 0 radical (unpaired) electrons. The molecule has 1 aliphatic heterocycles. The summed E-state index contributed by atoms with van der Waals surface area (Å²) < 4.78 is 31.2. The fourth-order valence-electron chi connectivity index (χ4n) is 3.87. The van der Waals surface area contributed by atoms with Crippen LogP contribution < -0.4 is 5.43 Å². The van der Waals surface area contributed by atoms with Crippen LogP contribution in [-0.4, -0.2) is 22.8 Å². The van der Waals surface area contributed by atoms with Crippen molar-refractivity contribution in [3.8, 4) is 5.75 Å². The summed E-state index contributed by atoms with van der Waals surface area (Å²) in [6.07, 6.45) is 4.20. The van der Waals surface area contributed by atoms with Crippen LogP contribution in [0.15, 0.2) is 70.1 Å². The van der Waals surface area contributed by atoms with E-state index in [1.54, 1.807) is 30.3 Å². The molecule has 3 aromatic rings. The van der Waals surface area contributed by atoms with Gasteiger partial charge in [0.2, 0.25) is 5.43 Å². The van der Waals surface area contributed by atoms with Crippen molar-refractivity contribution >= 4 is 16.9 Å². The molecule has 2 aromatic carbocycles.